The molecule has 0 aliphatic carbocycles. The lowest BCUT2D eigenvalue weighted by Crippen LogP contribution is -2.53. The highest BCUT2D eigenvalue weighted by Crippen LogP contribution is 2.43. The summed E-state index contributed by atoms with van der Waals surface area (Å²) in [4.78, 5) is 26.8. The fourth-order valence-corrected chi connectivity index (χ4v) is 6.30. The van der Waals surface area contributed by atoms with E-state index in [0.717, 1.165) is 26.2 Å². The first kappa shape index (κ1) is 34.5. The Morgan fingerprint density at radius 3 is 2.40 bits per heavy atom. The van der Waals surface area contributed by atoms with Gasteiger partial charge in [0, 0.05) is 44.4 Å². The molecule has 0 radical (unpaired) electrons. The highest BCUT2D eigenvalue weighted by molar-refractivity contribution is 7.91. The maximum Gasteiger partial charge on any atom is 0.394 e. The van der Waals surface area contributed by atoms with Gasteiger partial charge in [0.2, 0.25) is 5.91 Å². The highest BCUT2D eigenvalue weighted by Gasteiger charge is 2.47. The molecular formula is C27H34ClF5N4O5S. The van der Waals surface area contributed by atoms with Gasteiger partial charge >= 0.3 is 12.8 Å². The second kappa shape index (κ2) is 13.0. The average molecular weight is 657 g/mol. The van der Waals surface area contributed by atoms with Crippen molar-refractivity contribution >= 4 is 33.3 Å². The molecule has 1 unspecified atom stereocenters. The molecule has 2 atom stereocenters. The molecule has 1 aromatic carbocycles. The largest absolute Gasteiger partial charge is 0.434 e. The van der Waals surface area contributed by atoms with Crippen molar-refractivity contribution in [2.75, 3.05) is 19.3 Å². The Bertz CT molecular complexity index is 1460. The lowest BCUT2D eigenvalue weighted by molar-refractivity contribution is -0.211. The van der Waals surface area contributed by atoms with Crippen molar-refractivity contribution < 1.29 is 44.7 Å². The van der Waals surface area contributed by atoms with Crippen molar-refractivity contribution in [2.45, 2.75) is 77.6 Å². The number of nitrogens with zero attached hydrogens (tertiary/aromatic N) is 3. The summed E-state index contributed by atoms with van der Waals surface area (Å²) in [5.74, 6) is -1.52. The molecule has 16 heteroatoms. The third-order valence-corrected chi connectivity index (χ3v) is 9.46. The predicted molar refractivity (Wildman–Crippen MR) is 150 cm³/mol. The van der Waals surface area contributed by atoms with E-state index in [1.807, 2.05) is 0 Å². The first-order valence-electron chi connectivity index (χ1n) is 13.4. The number of ether oxygens (including phenoxy) is 1. The number of aromatic nitrogens is 2. The molecule has 43 heavy (non-hydrogen) atoms. The van der Waals surface area contributed by atoms with Crippen molar-refractivity contribution in [1.29, 1.82) is 0 Å². The number of rotatable bonds is 10. The van der Waals surface area contributed by atoms with Crippen molar-refractivity contribution in [3.63, 3.8) is 0 Å². The van der Waals surface area contributed by atoms with Gasteiger partial charge in [-0.2, -0.15) is 27.1 Å². The summed E-state index contributed by atoms with van der Waals surface area (Å²) < 4.78 is 97.0. The first-order chi connectivity index (χ1) is 19.8. The second-order valence-electron chi connectivity index (χ2n) is 11.2. The Morgan fingerprint density at radius 2 is 1.86 bits per heavy atom. The second-order valence-corrected chi connectivity index (χ2v) is 13.9. The number of hydrogen-bond acceptors (Lipinski definition) is 6. The van der Waals surface area contributed by atoms with Gasteiger partial charge in [0.15, 0.2) is 15.5 Å². The van der Waals surface area contributed by atoms with Crippen LogP contribution in [0.15, 0.2) is 18.2 Å². The van der Waals surface area contributed by atoms with Gasteiger partial charge in [-0.05, 0) is 43.9 Å². The number of likely N-dealkylation sites (tertiary alicyclic amines) is 1. The summed E-state index contributed by atoms with van der Waals surface area (Å²) >= 11 is 6.56. The van der Waals surface area contributed by atoms with E-state index < -0.39 is 57.4 Å². The number of carbonyl (C=O) groups is 2. The number of benzene rings is 1. The van der Waals surface area contributed by atoms with E-state index in [0.29, 0.717) is 12.8 Å². The Kier molecular flexibility index (Phi) is 10.4. The molecule has 1 aliphatic rings. The molecule has 0 bridgehead atoms. The standard InChI is InChI=1S/C27H34ClF5N4O5S/c1-6-37-23(19-10-7-16(11-20(19)42-25(29)30)12-26(3,4)27(31,32)33)21(28)22(35-37)24(39)34-13-17-8-9-18(43(5,40)41)14-36(17)15(2)38/h7,10-11,17-18,25H,6,8-9,12-14H2,1-5H3,(H,34,39)/t17?,18-/m1/s1. The van der Waals surface area contributed by atoms with Crippen LogP contribution in [0.25, 0.3) is 11.3 Å². The number of carbonyl (C=O) groups excluding carboxylic acids is 2. The van der Waals surface area contributed by atoms with E-state index in [1.165, 1.54) is 28.6 Å². The Hall–Kier alpha value is -2.94. The average Bonchev–Trinajstić information content (AvgIpc) is 3.21. The van der Waals surface area contributed by atoms with Crippen molar-refractivity contribution in [3.05, 3.63) is 34.5 Å². The molecular weight excluding hydrogens is 623 g/mol. The third-order valence-electron chi connectivity index (χ3n) is 7.51. The lowest BCUT2D eigenvalue weighted by atomic mass is 9.84. The van der Waals surface area contributed by atoms with Crippen LogP contribution >= 0.6 is 11.6 Å². The van der Waals surface area contributed by atoms with Crippen molar-refractivity contribution in [3.8, 4) is 17.0 Å². The van der Waals surface area contributed by atoms with Crippen molar-refractivity contribution in [1.82, 2.24) is 20.0 Å². The first-order valence-corrected chi connectivity index (χ1v) is 15.8. The molecule has 0 spiro atoms. The van der Waals surface area contributed by atoms with E-state index in [1.54, 1.807) is 6.92 Å². The van der Waals surface area contributed by atoms with Gasteiger partial charge in [-0.25, -0.2) is 8.42 Å². The summed E-state index contributed by atoms with van der Waals surface area (Å²) in [5.41, 5.74) is -2.26. The summed E-state index contributed by atoms with van der Waals surface area (Å²) in [6.07, 6.45) is -3.31. The molecule has 1 fully saturated rings. The van der Waals surface area contributed by atoms with E-state index >= 15 is 0 Å². The molecule has 1 N–H and O–H groups in total. The highest BCUT2D eigenvalue weighted by atomic mass is 35.5. The molecule has 1 aliphatic heterocycles. The minimum Gasteiger partial charge on any atom is -0.434 e. The summed E-state index contributed by atoms with van der Waals surface area (Å²) in [6.45, 7) is 1.77. The molecule has 2 heterocycles. The summed E-state index contributed by atoms with van der Waals surface area (Å²) in [7, 11) is -3.38. The summed E-state index contributed by atoms with van der Waals surface area (Å²) in [6, 6.07) is 3.24. The number of sulfone groups is 1. The van der Waals surface area contributed by atoms with Crippen LogP contribution < -0.4 is 10.1 Å². The normalized spacial score (nSPS) is 18.2. The van der Waals surface area contributed by atoms with E-state index in [4.69, 9.17) is 11.6 Å². The summed E-state index contributed by atoms with van der Waals surface area (Å²) in [5, 5.41) is 5.97. The maximum atomic E-state index is 13.4. The van der Waals surface area contributed by atoms with Crippen LogP contribution in [0.4, 0.5) is 22.0 Å². The number of piperidine rings is 1. The fourth-order valence-electron chi connectivity index (χ4n) is 4.98. The minimum atomic E-state index is -4.55. The quantitative estimate of drug-likeness (QED) is 0.356. The van der Waals surface area contributed by atoms with Crippen LogP contribution in [0.1, 0.15) is 56.6 Å². The van der Waals surface area contributed by atoms with Gasteiger partial charge in [0.1, 0.15) is 5.75 Å². The van der Waals surface area contributed by atoms with Crippen molar-refractivity contribution in [2.24, 2.45) is 5.41 Å². The fraction of sp³-hybridized carbons (Fsp3) is 0.593. The number of amides is 2. The molecule has 2 aromatic rings. The number of nitrogens with one attached hydrogen (secondary N) is 1. The SMILES string of the molecule is CCn1nc(C(=O)NCC2CC[C@@H](S(C)(=O)=O)CN2C(C)=O)c(Cl)c1-c1ccc(CC(C)(C)C(F)(F)F)cc1OC(F)F. The molecule has 1 aromatic heterocycles. The molecule has 2 amide bonds. The van der Waals surface area contributed by atoms with Gasteiger partial charge in [-0.3, -0.25) is 14.3 Å². The van der Waals surface area contributed by atoms with Gasteiger partial charge in [-0.1, -0.05) is 31.5 Å². The Morgan fingerprint density at radius 1 is 1.21 bits per heavy atom. The minimum absolute atomic E-state index is 0.00545. The monoisotopic (exact) mass is 656 g/mol. The molecule has 240 valence electrons. The smallest absolute Gasteiger partial charge is 0.394 e. The predicted octanol–water partition coefficient (Wildman–Crippen LogP) is 5.11. The molecule has 0 saturated carbocycles. The number of alkyl halides is 5. The number of aryl methyl sites for hydroxylation is 1. The van der Waals surface area contributed by atoms with E-state index in [-0.39, 0.29) is 53.1 Å². The number of halogens is 6. The van der Waals surface area contributed by atoms with Gasteiger partial charge in [0.25, 0.3) is 5.91 Å². The molecule has 9 nitrogen and oxygen atoms in total. The van der Waals surface area contributed by atoms with Crippen LogP contribution in [-0.4, -0.2) is 78.3 Å². The maximum absolute atomic E-state index is 13.4. The molecule has 3 rings (SSSR count). The van der Waals surface area contributed by atoms with E-state index in [9.17, 15) is 40.0 Å². The zero-order valence-electron chi connectivity index (χ0n) is 24.3. The van der Waals surface area contributed by atoms with Gasteiger partial charge in [0.05, 0.1) is 21.4 Å². The van der Waals surface area contributed by atoms with Gasteiger partial charge < -0.3 is 15.0 Å². The Labute approximate surface area is 251 Å². The van der Waals surface area contributed by atoms with E-state index in [2.05, 4.69) is 15.2 Å². The van der Waals surface area contributed by atoms with Gasteiger partial charge in [-0.15, -0.1) is 0 Å². The Balaban J connectivity index is 1.91. The van der Waals surface area contributed by atoms with Crippen LogP contribution in [0.3, 0.4) is 0 Å². The van der Waals surface area contributed by atoms with Crippen LogP contribution in [0, 0.1) is 5.41 Å². The molecule has 1 saturated heterocycles. The topological polar surface area (TPSA) is 111 Å². The number of hydrogen-bond donors (Lipinski definition) is 1. The lowest BCUT2D eigenvalue weighted by Gasteiger charge is -2.38. The van der Waals surface area contributed by atoms with Crippen LogP contribution in [-0.2, 0) is 27.6 Å². The van der Waals surface area contributed by atoms with Crippen LogP contribution in [0.2, 0.25) is 5.02 Å². The zero-order valence-corrected chi connectivity index (χ0v) is 25.8. The third kappa shape index (κ3) is 7.97. The zero-order chi connectivity index (χ0) is 32.5. The van der Waals surface area contributed by atoms with Crippen LogP contribution in [0.5, 0.6) is 5.75 Å².